The van der Waals surface area contributed by atoms with Crippen LogP contribution in [0.1, 0.15) is 30.0 Å². The van der Waals surface area contributed by atoms with E-state index < -0.39 is 0 Å². The second kappa shape index (κ2) is 12.6. The van der Waals surface area contributed by atoms with Gasteiger partial charge in [-0.3, -0.25) is 0 Å². The van der Waals surface area contributed by atoms with Crippen LogP contribution in [-0.2, 0) is 6.54 Å². The molecule has 0 aliphatic carbocycles. The van der Waals surface area contributed by atoms with E-state index in [9.17, 15) is 0 Å². The van der Waals surface area contributed by atoms with E-state index in [0.29, 0.717) is 12.1 Å². The second-order valence-corrected chi connectivity index (χ2v) is 8.69. The van der Waals surface area contributed by atoms with Crippen LogP contribution in [0.25, 0.3) is 0 Å². The van der Waals surface area contributed by atoms with Gasteiger partial charge < -0.3 is 10.6 Å². The first kappa shape index (κ1) is 25.1. The average molecular weight is 482 g/mol. The van der Waals surface area contributed by atoms with E-state index in [1.165, 1.54) is 33.8 Å². The molecule has 160 valence electrons. The monoisotopic (exact) mass is 480 g/mol. The maximum Gasteiger partial charge on any atom is 0.0476 e. The molecule has 3 aromatic carbocycles. The zero-order chi connectivity index (χ0) is 19.2. The Morgan fingerprint density at radius 2 is 1.60 bits per heavy atom. The summed E-state index contributed by atoms with van der Waals surface area (Å²) in [6, 6.07) is 28.3. The first-order valence-corrected chi connectivity index (χ1v) is 11.0. The molecule has 1 heterocycles. The van der Waals surface area contributed by atoms with Crippen molar-refractivity contribution in [1.82, 2.24) is 10.6 Å². The predicted molar refractivity (Wildman–Crippen MR) is 134 cm³/mol. The summed E-state index contributed by atoms with van der Waals surface area (Å²) in [7, 11) is 0. The fourth-order valence-electron chi connectivity index (χ4n) is 3.74. The van der Waals surface area contributed by atoms with E-state index in [4.69, 9.17) is 11.6 Å². The molecule has 6 heteroatoms. The van der Waals surface area contributed by atoms with Crippen LogP contribution in [0, 0.1) is 0 Å². The summed E-state index contributed by atoms with van der Waals surface area (Å²) >= 11 is 7.81. The third kappa shape index (κ3) is 6.65. The highest BCUT2D eigenvalue weighted by molar-refractivity contribution is 7.99. The molecule has 1 saturated heterocycles. The highest BCUT2D eigenvalue weighted by Gasteiger charge is 2.25. The van der Waals surface area contributed by atoms with Gasteiger partial charge in [0.05, 0.1) is 0 Å². The summed E-state index contributed by atoms with van der Waals surface area (Å²) in [5.74, 6) is 0. The van der Waals surface area contributed by atoms with Crippen LogP contribution in [0.5, 0.6) is 0 Å². The minimum absolute atomic E-state index is 0. The number of hydrogen-bond acceptors (Lipinski definition) is 3. The lowest BCUT2D eigenvalue weighted by Crippen LogP contribution is -2.45. The lowest BCUT2D eigenvalue weighted by molar-refractivity contribution is 0.304. The van der Waals surface area contributed by atoms with Gasteiger partial charge in [-0.1, -0.05) is 71.9 Å². The number of piperidine rings is 1. The quantitative estimate of drug-likeness (QED) is 0.399. The molecule has 2 unspecified atom stereocenters. The van der Waals surface area contributed by atoms with Crippen LogP contribution in [-0.4, -0.2) is 12.6 Å². The topological polar surface area (TPSA) is 24.1 Å². The molecule has 0 aromatic heterocycles. The van der Waals surface area contributed by atoms with E-state index in [0.717, 1.165) is 18.1 Å². The molecule has 4 rings (SSSR count). The molecule has 0 radical (unpaired) electrons. The van der Waals surface area contributed by atoms with Crippen molar-refractivity contribution in [2.45, 2.75) is 41.3 Å². The smallest absolute Gasteiger partial charge is 0.0476 e. The van der Waals surface area contributed by atoms with Crippen LogP contribution in [0.2, 0.25) is 5.02 Å². The Labute approximate surface area is 201 Å². The van der Waals surface area contributed by atoms with Crippen LogP contribution in [0.15, 0.2) is 88.7 Å². The highest BCUT2D eigenvalue weighted by atomic mass is 35.5. The molecule has 2 nitrogen and oxygen atoms in total. The second-order valence-electron chi connectivity index (χ2n) is 7.14. The number of hydrogen-bond donors (Lipinski definition) is 2. The Balaban J connectivity index is 0.00000160. The molecule has 30 heavy (non-hydrogen) atoms. The third-order valence-corrected chi connectivity index (χ3v) is 6.56. The van der Waals surface area contributed by atoms with E-state index in [1.54, 1.807) is 11.8 Å². The number of halogens is 3. The first-order valence-electron chi connectivity index (χ1n) is 9.82. The van der Waals surface area contributed by atoms with E-state index in [2.05, 4.69) is 77.4 Å². The standard InChI is InChI=1S/C24H25ClN2S.2ClH/c25-20-12-14-21(15-13-20)28-23-11-5-4-9-19(23)17-27-22-10-6-16-26-24(22)18-7-2-1-3-8-18;;/h1-5,7-9,11-15,22,24,26-27H,6,10,16-17H2;2*1H. The zero-order valence-corrected chi connectivity index (χ0v) is 19.8. The number of benzene rings is 3. The molecule has 1 fully saturated rings. The summed E-state index contributed by atoms with van der Waals surface area (Å²) < 4.78 is 0. The summed E-state index contributed by atoms with van der Waals surface area (Å²) in [6.07, 6.45) is 2.40. The third-order valence-electron chi connectivity index (χ3n) is 5.19. The molecule has 3 aromatic rings. The van der Waals surface area contributed by atoms with Crippen molar-refractivity contribution in [3.8, 4) is 0 Å². The van der Waals surface area contributed by atoms with Crippen molar-refractivity contribution in [3.63, 3.8) is 0 Å². The molecule has 0 bridgehead atoms. The minimum Gasteiger partial charge on any atom is -0.309 e. The molecule has 0 saturated carbocycles. The van der Waals surface area contributed by atoms with Gasteiger partial charge in [0.25, 0.3) is 0 Å². The van der Waals surface area contributed by atoms with Crippen LogP contribution >= 0.6 is 48.2 Å². The van der Waals surface area contributed by atoms with E-state index in [1.807, 2.05) is 12.1 Å². The molecular weight excluding hydrogens is 455 g/mol. The fourth-order valence-corrected chi connectivity index (χ4v) is 4.81. The van der Waals surface area contributed by atoms with Crippen molar-refractivity contribution in [2.75, 3.05) is 6.54 Å². The Bertz CT molecular complexity index is 890. The van der Waals surface area contributed by atoms with Gasteiger partial charge in [0.2, 0.25) is 0 Å². The fraction of sp³-hybridized carbons (Fsp3) is 0.250. The van der Waals surface area contributed by atoms with Crippen molar-refractivity contribution in [3.05, 3.63) is 95.0 Å². The van der Waals surface area contributed by atoms with Gasteiger partial charge in [0.15, 0.2) is 0 Å². The van der Waals surface area contributed by atoms with Crippen LogP contribution in [0.4, 0.5) is 0 Å². The van der Waals surface area contributed by atoms with Crippen molar-refractivity contribution in [1.29, 1.82) is 0 Å². The molecular formula is C24H27Cl3N2S. The lowest BCUT2D eigenvalue weighted by atomic mass is 9.92. The van der Waals surface area contributed by atoms with Gasteiger partial charge in [-0.2, -0.15) is 0 Å². The Hall–Kier alpha value is -1.20. The summed E-state index contributed by atoms with van der Waals surface area (Å²) in [4.78, 5) is 2.50. The zero-order valence-electron chi connectivity index (χ0n) is 16.6. The van der Waals surface area contributed by atoms with E-state index in [-0.39, 0.29) is 24.8 Å². The molecule has 1 aliphatic heterocycles. The Morgan fingerprint density at radius 1 is 0.900 bits per heavy atom. The summed E-state index contributed by atoms with van der Waals surface area (Å²) in [6.45, 7) is 1.95. The average Bonchev–Trinajstić information content (AvgIpc) is 2.75. The first-order chi connectivity index (χ1) is 13.8. The maximum atomic E-state index is 6.02. The van der Waals surface area contributed by atoms with Gasteiger partial charge in [-0.15, -0.1) is 24.8 Å². The van der Waals surface area contributed by atoms with Gasteiger partial charge in [0, 0.05) is 33.4 Å². The van der Waals surface area contributed by atoms with Gasteiger partial charge in [-0.05, 0) is 60.8 Å². The van der Waals surface area contributed by atoms with Crippen molar-refractivity contribution < 1.29 is 0 Å². The molecule has 2 N–H and O–H groups in total. The van der Waals surface area contributed by atoms with Crippen molar-refractivity contribution >= 4 is 48.2 Å². The Kier molecular flexibility index (Phi) is 10.5. The van der Waals surface area contributed by atoms with Gasteiger partial charge >= 0.3 is 0 Å². The molecule has 0 amide bonds. The summed E-state index contributed by atoms with van der Waals surface area (Å²) in [5, 5.41) is 8.30. The normalized spacial score (nSPS) is 18.2. The molecule has 2 atom stereocenters. The Morgan fingerprint density at radius 3 is 2.37 bits per heavy atom. The SMILES string of the molecule is Cl.Cl.Clc1ccc(Sc2ccccc2CNC2CCCNC2c2ccccc2)cc1. The van der Waals surface area contributed by atoms with Crippen LogP contribution in [0.3, 0.4) is 0 Å². The molecule has 0 spiro atoms. The summed E-state index contributed by atoms with van der Waals surface area (Å²) in [5.41, 5.74) is 2.70. The molecule has 1 aliphatic rings. The lowest BCUT2D eigenvalue weighted by Gasteiger charge is -2.34. The number of nitrogens with one attached hydrogen (secondary N) is 2. The predicted octanol–water partition coefficient (Wildman–Crippen LogP) is 6.92. The largest absolute Gasteiger partial charge is 0.309 e. The van der Waals surface area contributed by atoms with Gasteiger partial charge in [0.1, 0.15) is 0 Å². The minimum atomic E-state index is 0. The highest BCUT2D eigenvalue weighted by Crippen LogP contribution is 2.32. The van der Waals surface area contributed by atoms with E-state index >= 15 is 0 Å². The van der Waals surface area contributed by atoms with Crippen LogP contribution < -0.4 is 10.6 Å². The van der Waals surface area contributed by atoms with Crippen molar-refractivity contribution in [2.24, 2.45) is 0 Å². The van der Waals surface area contributed by atoms with Gasteiger partial charge in [-0.25, -0.2) is 0 Å². The maximum absolute atomic E-state index is 6.02. The number of rotatable bonds is 6.